The Kier molecular flexibility index (Phi) is 3.42. The maximum Gasteiger partial charge on any atom is 0.218 e. The summed E-state index contributed by atoms with van der Waals surface area (Å²) in [4.78, 5) is 2.78. The number of aromatic hydroxyl groups is 1. The van der Waals surface area contributed by atoms with Crippen molar-refractivity contribution in [3.8, 4) is 11.6 Å². The van der Waals surface area contributed by atoms with Gasteiger partial charge in [0.15, 0.2) is 5.69 Å². The molecule has 0 unspecified atom stereocenters. The van der Waals surface area contributed by atoms with Gasteiger partial charge in [-0.05, 0) is 37.3 Å². The maximum absolute atomic E-state index is 9.73. The number of fused-ring (bicyclic) bond motifs is 1. The van der Waals surface area contributed by atoms with Crippen LogP contribution in [0.5, 0.6) is 11.6 Å². The monoisotopic (exact) mass is 264 g/mol. The first-order chi connectivity index (χ1) is 8.61. The zero-order valence-electron chi connectivity index (χ0n) is 9.67. The third-order valence-electron chi connectivity index (χ3n) is 2.28. The third kappa shape index (κ3) is 2.40. The molecule has 94 valence electrons. The van der Waals surface area contributed by atoms with E-state index in [2.05, 4.69) is 27.4 Å². The van der Waals surface area contributed by atoms with E-state index in [0.717, 1.165) is 5.52 Å². The van der Waals surface area contributed by atoms with Crippen LogP contribution in [0.2, 0.25) is 0 Å². The summed E-state index contributed by atoms with van der Waals surface area (Å²) in [6, 6.07) is 5.36. The molecule has 18 heavy (non-hydrogen) atoms. The molecule has 0 bridgehead atoms. The minimum atomic E-state index is -0.0929. The van der Waals surface area contributed by atoms with Crippen molar-refractivity contribution in [2.75, 3.05) is 6.61 Å². The first kappa shape index (κ1) is 12.3. The standard InChI is InChI=1S/C11H12N4O2S/c1-2-17-6-3-4-8-7(5-6)9(10(16)13-8)14-15-11(12)18/h3-5,13,16H,2H2,1H3,(H2,12,18). The first-order valence-electron chi connectivity index (χ1n) is 5.30. The number of ether oxygens (including phenoxy) is 1. The summed E-state index contributed by atoms with van der Waals surface area (Å²) in [5, 5.41) is 17.7. The van der Waals surface area contributed by atoms with Crippen molar-refractivity contribution in [1.29, 1.82) is 0 Å². The predicted molar refractivity (Wildman–Crippen MR) is 72.4 cm³/mol. The number of hydrogen-bond acceptors (Lipinski definition) is 4. The summed E-state index contributed by atoms with van der Waals surface area (Å²) in [6.07, 6.45) is 0. The fourth-order valence-electron chi connectivity index (χ4n) is 1.60. The lowest BCUT2D eigenvalue weighted by Gasteiger charge is -2.02. The second kappa shape index (κ2) is 5.01. The Morgan fingerprint density at radius 3 is 3.00 bits per heavy atom. The molecule has 2 aromatic rings. The smallest absolute Gasteiger partial charge is 0.218 e. The lowest BCUT2D eigenvalue weighted by molar-refractivity contribution is 0.341. The number of hydrogen-bond donors (Lipinski definition) is 3. The zero-order valence-corrected chi connectivity index (χ0v) is 10.5. The number of rotatable bonds is 3. The molecule has 0 saturated carbocycles. The van der Waals surface area contributed by atoms with Crippen molar-refractivity contribution in [1.82, 2.24) is 4.98 Å². The summed E-state index contributed by atoms with van der Waals surface area (Å²) in [5.74, 6) is 0.606. The average molecular weight is 264 g/mol. The molecule has 0 aliphatic rings. The van der Waals surface area contributed by atoms with Gasteiger partial charge in [0.05, 0.1) is 12.1 Å². The highest BCUT2D eigenvalue weighted by Gasteiger charge is 2.11. The van der Waals surface area contributed by atoms with Gasteiger partial charge in [0, 0.05) is 5.39 Å². The minimum Gasteiger partial charge on any atom is -0.494 e. The van der Waals surface area contributed by atoms with Crippen LogP contribution in [0.3, 0.4) is 0 Å². The zero-order chi connectivity index (χ0) is 13.1. The van der Waals surface area contributed by atoms with Crippen LogP contribution < -0.4 is 10.5 Å². The van der Waals surface area contributed by atoms with Crippen molar-refractivity contribution < 1.29 is 9.84 Å². The number of benzene rings is 1. The van der Waals surface area contributed by atoms with Crippen LogP contribution in [-0.2, 0) is 0 Å². The number of aromatic nitrogens is 1. The number of nitrogens with two attached hydrogens (primary N) is 1. The van der Waals surface area contributed by atoms with Crippen LogP contribution in [-0.4, -0.2) is 21.8 Å². The van der Waals surface area contributed by atoms with Crippen LogP contribution in [0, 0.1) is 0 Å². The molecular formula is C11H12N4O2S. The van der Waals surface area contributed by atoms with Crippen LogP contribution in [0.1, 0.15) is 6.92 Å². The van der Waals surface area contributed by atoms with Gasteiger partial charge in [0.25, 0.3) is 0 Å². The highest BCUT2D eigenvalue weighted by Crippen LogP contribution is 2.37. The van der Waals surface area contributed by atoms with E-state index < -0.39 is 0 Å². The molecule has 1 aromatic carbocycles. The molecule has 0 amide bonds. The van der Waals surface area contributed by atoms with E-state index in [1.165, 1.54) is 0 Å². The lowest BCUT2D eigenvalue weighted by atomic mass is 10.2. The number of aromatic amines is 1. The van der Waals surface area contributed by atoms with Crippen LogP contribution in [0.25, 0.3) is 10.9 Å². The van der Waals surface area contributed by atoms with Crippen molar-refractivity contribution in [3.05, 3.63) is 18.2 Å². The molecule has 0 saturated heterocycles. The fraction of sp³-hybridized carbons (Fsp3) is 0.182. The molecular weight excluding hydrogens is 252 g/mol. The van der Waals surface area contributed by atoms with Gasteiger partial charge in [-0.2, -0.15) is 0 Å². The summed E-state index contributed by atoms with van der Waals surface area (Å²) >= 11 is 4.60. The number of thiocarbonyl (C=S) groups is 1. The van der Waals surface area contributed by atoms with E-state index in [1.807, 2.05) is 6.92 Å². The molecule has 0 atom stereocenters. The molecule has 1 aromatic heterocycles. The van der Waals surface area contributed by atoms with E-state index >= 15 is 0 Å². The Bertz CT molecular complexity index is 621. The Balaban J connectivity index is 2.53. The second-order valence-electron chi connectivity index (χ2n) is 3.50. The highest BCUT2D eigenvalue weighted by molar-refractivity contribution is 7.80. The van der Waals surface area contributed by atoms with E-state index in [9.17, 15) is 5.11 Å². The Morgan fingerprint density at radius 1 is 1.56 bits per heavy atom. The summed E-state index contributed by atoms with van der Waals surface area (Å²) in [7, 11) is 0. The van der Waals surface area contributed by atoms with Gasteiger partial charge in [-0.25, -0.2) is 0 Å². The van der Waals surface area contributed by atoms with Gasteiger partial charge >= 0.3 is 0 Å². The minimum absolute atomic E-state index is 0.0846. The molecule has 6 nitrogen and oxygen atoms in total. The molecule has 0 fully saturated rings. The second-order valence-corrected chi connectivity index (χ2v) is 3.92. The topological polar surface area (TPSA) is 96.0 Å². The number of H-pyrrole nitrogens is 1. The van der Waals surface area contributed by atoms with Crippen LogP contribution in [0.15, 0.2) is 28.4 Å². The molecule has 0 aliphatic heterocycles. The Morgan fingerprint density at radius 2 is 2.33 bits per heavy atom. The number of nitrogens with one attached hydrogen (secondary N) is 1. The number of nitrogens with zero attached hydrogens (tertiary/aromatic N) is 2. The SMILES string of the molecule is CCOc1ccc2[nH]c(O)c(N=NC(N)=S)c2c1. The van der Waals surface area contributed by atoms with Crippen molar-refractivity contribution in [2.45, 2.75) is 6.92 Å². The van der Waals surface area contributed by atoms with E-state index in [1.54, 1.807) is 18.2 Å². The molecule has 7 heteroatoms. The van der Waals surface area contributed by atoms with Gasteiger partial charge in [0.2, 0.25) is 11.0 Å². The van der Waals surface area contributed by atoms with Crippen LogP contribution >= 0.6 is 12.2 Å². The number of azo groups is 1. The van der Waals surface area contributed by atoms with Gasteiger partial charge in [-0.1, -0.05) is 0 Å². The molecule has 4 N–H and O–H groups in total. The largest absolute Gasteiger partial charge is 0.494 e. The third-order valence-corrected chi connectivity index (χ3v) is 2.36. The van der Waals surface area contributed by atoms with Crippen molar-refractivity contribution >= 4 is 33.9 Å². The highest BCUT2D eigenvalue weighted by atomic mass is 32.1. The Labute approximate surface area is 108 Å². The average Bonchev–Trinajstić information content (AvgIpc) is 2.62. The summed E-state index contributed by atoms with van der Waals surface area (Å²) in [5.41, 5.74) is 6.26. The van der Waals surface area contributed by atoms with E-state index in [0.29, 0.717) is 23.4 Å². The van der Waals surface area contributed by atoms with Crippen LogP contribution in [0.4, 0.5) is 5.69 Å². The molecule has 0 aliphatic carbocycles. The maximum atomic E-state index is 9.73. The first-order valence-corrected chi connectivity index (χ1v) is 5.71. The van der Waals surface area contributed by atoms with Gasteiger partial charge < -0.3 is 20.6 Å². The quantitative estimate of drug-likeness (QED) is 0.586. The van der Waals surface area contributed by atoms with E-state index in [4.69, 9.17) is 10.5 Å². The van der Waals surface area contributed by atoms with Crippen molar-refractivity contribution in [3.63, 3.8) is 0 Å². The normalized spacial score (nSPS) is 11.2. The Hall–Kier alpha value is -2.15. The molecule has 2 rings (SSSR count). The predicted octanol–water partition coefficient (Wildman–Crippen LogP) is 2.60. The van der Waals surface area contributed by atoms with Gasteiger partial charge in [-0.15, -0.1) is 10.2 Å². The van der Waals surface area contributed by atoms with E-state index in [-0.39, 0.29) is 11.0 Å². The molecule has 0 radical (unpaired) electrons. The van der Waals surface area contributed by atoms with Gasteiger partial charge in [0.1, 0.15) is 5.75 Å². The lowest BCUT2D eigenvalue weighted by Crippen LogP contribution is -2.01. The van der Waals surface area contributed by atoms with Crippen molar-refractivity contribution in [2.24, 2.45) is 16.0 Å². The van der Waals surface area contributed by atoms with Gasteiger partial charge in [-0.3, -0.25) is 0 Å². The summed E-state index contributed by atoms with van der Waals surface area (Å²) < 4.78 is 5.39. The summed E-state index contributed by atoms with van der Waals surface area (Å²) in [6.45, 7) is 2.46. The fourth-order valence-corrected chi connectivity index (χ4v) is 1.64. The molecule has 0 spiro atoms. The molecule has 1 heterocycles.